The smallest absolute Gasteiger partial charge is 0.343 e. The molecule has 2 aliphatic rings. The third-order valence-electron chi connectivity index (χ3n) is 6.06. The van der Waals surface area contributed by atoms with Crippen LogP contribution >= 0.6 is 23.2 Å². The summed E-state index contributed by atoms with van der Waals surface area (Å²) < 4.78 is 71.5. The molecule has 0 aromatic heterocycles. The second-order valence-electron chi connectivity index (χ2n) is 8.70. The molecule has 3 aromatic rings. The first-order valence-corrected chi connectivity index (χ1v) is 13.5. The molecule has 1 aliphatic carbocycles. The van der Waals surface area contributed by atoms with Crippen LogP contribution in [0.3, 0.4) is 0 Å². The quantitative estimate of drug-likeness (QED) is 0.0897. The molecule has 0 bridgehead atoms. The lowest BCUT2D eigenvalue weighted by atomic mass is 9.89. The Morgan fingerprint density at radius 3 is 2.19 bits per heavy atom. The number of carbonyl (C=O) groups excluding carboxylic acids is 1. The number of carboxylic acid groups (broad SMARTS) is 1. The van der Waals surface area contributed by atoms with Gasteiger partial charge in [-0.25, -0.2) is 18.4 Å². The van der Waals surface area contributed by atoms with Crippen LogP contribution in [0.25, 0.3) is 33.4 Å². The van der Waals surface area contributed by atoms with Gasteiger partial charge in [-0.1, -0.05) is 29.3 Å². The second-order valence-corrected chi connectivity index (χ2v) is 10.9. The van der Waals surface area contributed by atoms with E-state index < -0.39 is 71.1 Å². The standard InChI is InChI=1S/C27H12Cl2F2O10S/c28-16-4-11(42(37,38)39)5-17(29)25(16)41-27(36)10-1-2-12(13(3-10)26(34)35)24-14-6-18(30)20(32)8-22(14)40-23-9-21(33)19(31)7-15(23)24/h1-9,32H,(H,34,35)(H,37,38,39). The van der Waals surface area contributed by atoms with Crippen molar-refractivity contribution < 1.29 is 50.7 Å². The Morgan fingerprint density at radius 2 is 1.57 bits per heavy atom. The van der Waals surface area contributed by atoms with Crippen LogP contribution in [0.1, 0.15) is 20.7 Å². The SMILES string of the molecule is O=C(Oc1c(Cl)cc(S(=O)(=O)O)cc1Cl)c1ccc(-c2c3cc(F)c(=O)cc-3oc3cc(O)c(F)cc23)c(C(=O)O)c1. The highest BCUT2D eigenvalue weighted by molar-refractivity contribution is 7.85. The number of hydrogen-bond donors (Lipinski definition) is 3. The van der Waals surface area contributed by atoms with E-state index in [0.29, 0.717) is 0 Å². The van der Waals surface area contributed by atoms with E-state index in [1.165, 1.54) is 0 Å². The number of carboxylic acids is 1. The van der Waals surface area contributed by atoms with Crippen LogP contribution in [0.15, 0.2) is 68.7 Å². The minimum atomic E-state index is -4.69. The van der Waals surface area contributed by atoms with Crippen molar-refractivity contribution >= 4 is 56.2 Å². The van der Waals surface area contributed by atoms with E-state index in [1.807, 2.05) is 0 Å². The summed E-state index contributed by atoms with van der Waals surface area (Å²) in [5.74, 6) is -6.56. The molecule has 0 radical (unpaired) electrons. The summed E-state index contributed by atoms with van der Waals surface area (Å²) in [7, 11) is -4.69. The molecule has 10 nitrogen and oxygen atoms in total. The maximum Gasteiger partial charge on any atom is 0.343 e. The summed E-state index contributed by atoms with van der Waals surface area (Å²) in [6, 6.07) is 8.03. The highest BCUT2D eigenvalue weighted by Crippen LogP contribution is 2.43. The zero-order valence-corrected chi connectivity index (χ0v) is 22.6. The molecule has 5 rings (SSSR count). The molecule has 0 saturated heterocycles. The van der Waals surface area contributed by atoms with Crippen LogP contribution in [0.5, 0.6) is 11.5 Å². The van der Waals surface area contributed by atoms with Crippen molar-refractivity contribution in [3.63, 3.8) is 0 Å². The summed E-state index contributed by atoms with van der Waals surface area (Å²) in [5, 5.41) is 18.8. The van der Waals surface area contributed by atoms with Crippen molar-refractivity contribution in [2.45, 2.75) is 4.90 Å². The molecule has 0 atom stereocenters. The van der Waals surface area contributed by atoms with Crippen molar-refractivity contribution in [2.75, 3.05) is 0 Å². The molecule has 1 aliphatic heterocycles. The van der Waals surface area contributed by atoms with Gasteiger partial charge in [0.15, 0.2) is 23.1 Å². The molecule has 0 unspecified atom stereocenters. The predicted octanol–water partition coefficient (Wildman–Crippen LogP) is 6.02. The monoisotopic (exact) mass is 636 g/mol. The molecular weight excluding hydrogens is 625 g/mol. The number of rotatable bonds is 5. The molecular formula is C27H12Cl2F2O10S. The Bertz CT molecular complexity index is 2100. The van der Waals surface area contributed by atoms with E-state index in [0.717, 1.165) is 54.6 Å². The van der Waals surface area contributed by atoms with E-state index in [2.05, 4.69) is 0 Å². The van der Waals surface area contributed by atoms with Gasteiger partial charge in [0, 0.05) is 28.6 Å². The van der Waals surface area contributed by atoms with Gasteiger partial charge in [-0.3, -0.25) is 9.35 Å². The lowest BCUT2D eigenvalue weighted by Crippen LogP contribution is -2.12. The fraction of sp³-hybridized carbons (Fsp3) is 0. The number of aromatic carboxylic acids is 1. The van der Waals surface area contributed by atoms with E-state index in [9.17, 15) is 46.3 Å². The van der Waals surface area contributed by atoms with Crippen LogP contribution in [0, 0.1) is 11.6 Å². The van der Waals surface area contributed by atoms with Gasteiger partial charge in [-0.15, -0.1) is 0 Å². The number of hydrogen-bond acceptors (Lipinski definition) is 8. The topological polar surface area (TPSA) is 168 Å². The van der Waals surface area contributed by atoms with Crippen LogP contribution in [0.4, 0.5) is 8.78 Å². The van der Waals surface area contributed by atoms with Crippen molar-refractivity contribution in [1.29, 1.82) is 0 Å². The Labute approximate surface area is 243 Å². The summed E-state index contributed by atoms with van der Waals surface area (Å²) in [6.07, 6.45) is 0. The minimum Gasteiger partial charge on any atom is -0.505 e. The average molecular weight is 637 g/mol. The fourth-order valence-electron chi connectivity index (χ4n) is 4.19. The highest BCUT2D eigenvalue weighted by Gasteiger charge is 2.26. The second kappa shape index (κ2) is 10.4. The summed E-state index contributed by atoms with van der Waals surface area (Å²) in [5.41, 5.74) is -2.46. The van der Waals surface area contributed by atoms with Gasteiger partial charge >= 0.3 is 11.9 Å². The Kier molecular flexibility index (Phi) is 7.15. The Hall–Kier alpha value is -4.56. The van der Waals surface area contributed by atoms with Crippen molar-refractivity contribution in [3.05, 3.63) is 97.6 Å². The maximum absolute atomic E-state index is 14.4. The molecule has 42 heavy (non-hydrogen) atoms. The number of phenols is 1. The highest BCUT2D eigenvalue weighted by atomic mass is 35.5. The van der Waals surface area contributed by atoms with Gasteiger partial charge in [-0.05, 0) is 42.0 Å². The normalized spacial score (nSPS) is 11.6. The fourth-order valence-corrected chi connectivity index (χ4v) is 5.42. The van der Waals surface area contributed by atoms with Crippen LogP contribution in [-0.4, -0.2) is 35.1 Å². The molecule has 0 amide bonds. The zero-order chi connectivity index (χ0) is 30.7. The first-order valence-electron chi connectivity index (χ1n) is 11.3. The minimum absolute atomic E-state index is 0.0896. The number of aromatic hydroxyl groups is 1. The number of fused-ring (bicyclic) bond motifs is 2. The number of benzene rings is 4. The van der Waals surface area contributed by atoms with Gasteiger partial charge in [0.1, 0.15) is 11.3 Å². The number of carbonyl (C=O) groups is 2. The van der Waals surface area contributed by atoms with Gasteiger partial charge in [0.05, 0.1) is 26.1 Å². The molecule has 3 N–H and O–H groups in total. The molecule has 1 heterocycles. The number of ether oxygens (including phenoxy) is 1. The number of phenolic OH excluding ortho intramolecular Hbond substituents is 1. The number of halogens is 4. The largest absolute Gasteiger partial charge is 0.505 e. The zero-order valence-electron chi connectivity index (χ0n) is 20.3. The first kappa shape index (κ1) is 29.0. The molecule has 0 saturated carbocycles. The lowest BCUT2D eigenvalue weighted by Gasteiger charge is -2.17. The van der Waals surface area contributed by atoms with Crippen LogP contribution in [-0.2, 0) is 10.1 Å². The van der Waals surface area contributed by atoms with Crippen LogP contribution in [0.2, 0.25) is 10.0 Å². The van der Waals surface area contributed by atoms with E-state index >= 15 is 0 Å². The third kappa shape index (κ3) is 5.14. The lowest BCUT2D eigenvalue weighted by molar-refractivity contribution is 0.0697. The molecule has 214 valence electrons. The summed E-state index contributed by atoms with van der Waals surface area (Å²) in [6.45, 7) is 0. The van der Waals surface area contributed by atoms with Gasteiger partial charge in [-0.2, -0.15) is 8.42 Å². The van der Waals surface area contributed by atoms with Gasteiger partial charge in [0.2, 0.25) is 5.43 Å². The first-order chi connectivity index (χ1) is 19.6. The van der Waals surface area contributed by atoms with Crippen molar-refractivity contribution in [1.82, 2.24) is 0 Å². The number of esters is 1. The van der Waals surface area contributed by atoms with Crippen LogP contribution < -0.4 is 10.2 Å². The third-order valence-corrected chi connectivity index (χ3v) is 7.45. The molecule has 0 spiro atoms. The van der Waals surface area contributed by atoms with Crippen molar-refractivity contribution in [3.8, 4) is 33.9 Å². The Morgan fingerprint density at radius 1 is 0.905 bits per heavy atom. The molecule has 0 fully saturated rings. The molecule has 15 heteroatoms. The Balaban J connectivity index is 1.68. The van der Waals surface area contributed by atoms with Gasteiger partial charge < -0.3 is 19.4 Å². The van der Waals surface area contributed by atoms with E-state index in [-0.39, 0.29) is 39.0 Å². The molecule has 3 aromatic carbocycles. The predicted molar refractivity (Wildman–Crippen MR) is 144 cm³/mol. The summed E-state index contributed by atoms with van der Waals surface area (Å²) in [4.78, 5) is 36.6. The maximum atomic E-state index is 14.4. The van der Waals surface area contributed by atoms with E-state index in [1.54, 1.807) is 0 Å². The summed E-state index contributed by atoms with van der Waals surface area (Å²) >= 11 is 12.0. The van der Waals surface area contributed by atoms with Crippen molar-refractivity contribution in [2.24, 2.45) is 0 Å². The average Bonchev–Trinajstić information content (AvgIpc) is 2.90. The van der Waals surface area contributed by atoms with E-state index in [4.69, 9.17) is 32.4 Å². The van der Waals surface area contributed by atoms with Gasteiger partial charge in [0.25, 0.3) is 10.1 Å².